The van der Waals surface area contributed by atoms with Gasteiger partial charge < -0.3 is 5.32 Å². The lowest BCUT2D eigenvalue weighted by molar-refractivity contribution is 0.501. The molecule has 1 unspecified atom stereocenters. The van der Waals surface area contributed by atoms with Gasteiger partial charge in [0.05, 0.1) is 0 Å². The zero-order valence-electron chi connectivity index (χ0n) is 13.1. The Bertz CT molecular complexity index is 576. The van der Waals surface area contributed by atoms with Crippen LogP contribution in [0.15, 0.2) is 30.3 Å². The van der Waals surface area contributed by atoms with Gasteiger partial charge in [-0.2, -0.15) is 0 Å². The number of hydrogen-bond acceptors (Lipinski definition) is 2. The van der Waals surface area contributed by atoms with E-state index in [4.69, 9.17) is 11.6 Å². The van der Waals surface area contributed by atoms with Crippen LogP contribution in [0.5, 0.6) is 0 Å². The zero-order chi connectivity index (χ0) is 15.2. The van der Waals surface area contributed by atoms with Crippen LogP contribution in [-0.2, 0) is 0 Å². The van der Waals surface area contributed by atoms with E-state index < -0.39 is 0 Å². The highest BCUT2D eigenvalue weighted by Crippen LogP contribution is 2.34. The number of halogens is 1. The minimum Gasteiger partial charge on any atom is -0.309 e. The molecule has 0 bridgehead atoms. The summed E-state index contributed by atoms with van der Waals surface area (Å²) in [6, 6.07) is 11.3. The molecule has 1 heterocycles. The van der Waals surface area contributed by atoms with Crippen LogP contribution in [0.4, 0.5) is 0 Å². The molecule has 1 N–H and O–H groups in total. The molecule has 1 aromatic heterocycles. The molecule has 114 valence electrons. The maximum Gasteiger partial charge on any atom is 0.0441 e. The van der Waals surface area contributed by atoms with Crippen molar-refractivity contribution in [2.24, 2.45) is 0 Å². The molecular weight excluding hydrogens is 298 g/mol. The van der Waals surface area contributed by atoms with Gasteiger partial charge in [0.25, 0.3) is 0 Å². The molecule has 1 nitrogen and oxygen atoms in total. The van der Waals surface area contributed by atoms with Crippen molar-refractivity contribution >= 4 is 22.9 Å². The van der Waals surface area contributed by atoms with Gasteiger partial charge in [0, 0.05) is 20.8 Å². The molecule has 0 aliphatic carbocycles. The first-order valence-corrected chi connectivity index (χ1v) is 8.94. The topological polar surface area (TPSA) is 12.0 Å². The van der Waals surface area contributed by atoms with Gasteiger partial charge in [0.1, 0.15) is 0 Å². The number of benzene rings is 1. The third-order valence-corrected chi connectivity index (χ3v) is 5.30. The average Bonchev–Trinajstić information content (AvgIpc) is 2.96. The van der Waals surface area contributed by atoms with Gasteiger partial charge in [-0.3, -0.25) is 0 Å². The molecular formula is C18H24ClNS. The molecule has 0 radical (unpaired) electrons. The van der Waals surface area contributed by atoms with Crippen molar-refractivity contribution in [2.75, 3.05) is 6.54 Å². The van der Waals surface area contributed by atoms with E-state index in [1.165, 1.54) is 34.6 Å². The Labute approximate surface area is 137 Å². The van der Waals surface area contributed by atoms with E-state index in [1.54, 1.807) is 0 Å². The quantitative estimate of drug-likeness (QED) is 0.638. The van der Waals surface area contributed by atoms with Crippen molar-refractivity contribution in [3.63, 3.8) is 0 Å². The van der Waals surface area contributed by atoms with E-state index in [0.29, 0.717) is 6.04 Å². The molecule has 0 aliphatic rings. The molecule has 0 saturated heterocycles. The summed E-state index contributed by atoms with van der Waals surface area (Å²) in [5.41, 5.74) is 2.35. The van der Waals surface area contributed by atoms with Crippen molar-refractivity contribution < 1.29 is 0 Å². The Morgan fingerprint density at radius 3 is 2.62 bits per heavy atom. The van der Waals surface area contributed by atoms with E-state index in [9.17, 15) is 0 Å². The summed E-state index contributed by atoms with van der Waals surface area (Å²) in [6.07, 6.45) is 3.56. The van der Waals surface area contributed by atoms with Crippen LogP contribution in [0.25, 0.3) is 10.4 Å². The van der Waals surface area contributed by atoms with Crippen molar-refractivity contribution in [3.05, 3.63) is 45.8 Å². The lowest BCUT2D eigenvalue weighted by Gasteiger charge is -2.16. The van der Waals surface area contributed by atoms with Crippen molar-refractivity contribution in [3.8, 4) is 10.4 Å². The molecule has 1 aromatic carbocycles. The van der Waals surface area contributed by atoms with E-state index >= 15 is 0 Å². The molecule has 2 rings (SSSR count). The van der Waals surface area contributed by atoms with Crippen molar-refractivity contribution in [1.82, 2.24) is 5.32 Å². The highest BCUT2D eigenvalue weighted by atomic mass is 35.5. The van der Waals surface area contributed by atoms with E-state index in [1.807, 2.05) is 18.3 Å². The molecule has 0 spiro atoms. The smallest absolute Gasteiger partial charge is 0.0441 e. The van der Waals surface area contributed by atoms with Crippen LogP contribution in [0.1, 0.15) is 49.6 Å². The van der Waals surface area contributed by atoms with Gasteiger partial charge >= 0.3 is 0 Å². The van der Waals surface area contributed by atoms with Gasteiger partial charge in [0.15, 0.2) is 0 Å². The first-order chi connectivity index (χ1) is 10.2. The average molecular weight is 322 g/mol. The Hall–Kier alpha value is -0.830. The number of thiophene rings is 1. The van der Waals surface area contributed by atoms with Gasteiger partial charge in [-0.25, -0.2) is 0 Å². The van der Waals surface area contributed by atoms with Gasteiger partial charge in [-0.05, 0) is 55.6 Å². The normalized spacial score (nSPS) is 12.6. The third-order valence-electron chi connectivity index (χ3n) is 3.64. The van der Waals surface area contributed by atoms with E-state index in [0.717, 1.165) is 17.1 Å². The zero-order valence-corrected chi connectivity index (χ0v) is 14.7. The maximum atomic E-state index is 6.24. The summed E-state index contributed by atoms with van der Waals surface area (Å²) in [5, 5.41) is 4.50. The van der Waals surface area contributed by atoms with Crippen LogP contribution < -0.4 is 5.32 Å². The van der Waals surface area contributed by atoms with E-state index in [2.05, 4.69) is 49.5 Å². The summed E-state index contributed by atoms with van der Waals surface area (Å²) in [4.78, 5) is 2.73. The second-order valence-electron chi connectivity index (χ2n) is 5.46. The fraction of sp³-hybridized carbons (Fsp3) is 0.444. The van der Waals surface area contributed by atoms with Crippen LogP contribution >= 0.6 is 22.9 Å². The second-order valence-corrected chi connectivity index (χ2v) is 6.98. The summed E-state index contributed by atoms with van der Waals surface area (Å²) in [6.45, 7) is 7.57. The highest BCUT2D eigenvalue weighted by molar-refractivity contribution is 7.15. The molecule has 21 heavy (non-hydrogen) atoms. The molecule has 2 aromatic rings. The van der Waals surface area contributed by atoms with Gasteiger partial charge in [0.2, 0.25) is 0 Å². The van der Waals surface area contributed by atoms with Crippen LogP contribution in [0, 0.1) is 6.92 Å². The lowest BCUT2D eigenvalue weighted by Crippen LogP contribution is -2.21. The standard InChI is InChI=1S/C18H24ClNS/c1-4-6-16(20-11-5-2)18-10-9-17(21-18)14-8-7-13(3)15(19)12-14/h7-10,12,16,20H,4-6,11H2,1-3H3. The van der Waals surface area contributed by atoms with Crippen molar-refractivity contribution in [1.29, 1.82) is 0 Å². The Morgan fingerprint density at radius 1 is 1.14 bits per heavy atom. The minimum absolute atomic E-state index is 0.481. The lowest BCUT2D eigenvalue weighted by atomic mass is 10.1. The third kappa shape index (κ3) is 4.32. The van der Waals surface area contributed by atoms with Gasteiger partial charge in [-0.1, -0.05) is 44.0 Å². The molecule has 1 atom stereocenters. The fourth-order valence-corrected chi connectivity index (χ4v) is 3.69. The summed E-state index contributed by atoms with van der Waals surface area (Å²) >= 11 is 8.12. The Morgan fingerprint density at radius 2 is 1.95 bits per heavy atom. The van der Waals surface area contributed by atoms with E-state index in [-0.39, 0.29) is 0 Å². The predicted molar refractivity (Wildman–Crippen MR) is 95.4 cm³/mol. The molecule has 0 saturated carbocycles. The monoisotopic (exact) mass is 321 g/mol. The summed E-state index contributed by atoms with van der Waals surface area (Å²) in [5.74, 6) is 0. The first kappa shape index (κ1) is 16.5. The van der Waals surface area contributed by atoms with Crippen LogP contribution in [0.3, 0.4) is 0 Å². The highest BCUT2D eigenvalue weighted by Gasteiger charge is 2.13. The largest absolute Gasteiger partial charge is 0.309 e. The van der Waals surface area contributed by atoms with Crippen LogP contribution in [0.2, 0.25) is 5.02 Å². The predicted octanol–water partition coefficient (Wildman–Crippen LogP) is 6.22. The summed E-state index contributed by atoms with van der Waals surface area (Å²) in [7, 11) is 0. The summed E-state index contributed by atoms with van der Waals surface area (Å²) < 4.78 is 0. The van der Waals surface area contributed by atoms with Crippen LogP contribution in [-0.4, -0.2) is 6.54 Å². The SMILES string of the molecule is CCCNC(CCC)c1ccc(-c2ccc(C)c(Cl)c2)s1. The van der Waals surface area contributed by atoms with Crippen molar-refractivity contribution in [2.45, 2.75) is 46.1 Å². The number of aryl methyl sites for hydroxylation is 1. The molecule has 0 fully saturated rings. The minimum atomic E-state index is 0.481. The second kappa shape index (κ2) is 7.98. The molecule has 0 amide bonds. The first-order valence-electron chi connectivity index (χ1n) is 7.75. The maximum absolute atomic E-state index is 6.24. The number of rotatable bonds is 7. The fourth-order valence-electron chi connectivity index (χ4n) is 2.39. The van der Waals surface area contributed by atoms with Gasteiger partial charge in [-0.15, -0.1) is 11.3 Å². The molecule has 0 aliphatic heterocycles. The molecule has 3 heteroatoms. The Balaban J connectivity index is 2.20. The number of hydrogen-bond donors (Lipinski definition) is 1. The number of nitrogens with one attached hydrogen (secondary N) is 1. The Kier molecular flexibility index (Phi) is 6.28.